The number of carbonyl (C=O) groups excluding carboxylic acids is 1. The molecule has 0 aliphatic rings. The van der Waals surface area contributed by atoms with Gasteiger partial charge in [0.15, 0.2) is 0 Å². The number of aromatic nitrogens is 2. The number of amides is 1. The van der Waals surface area contributed by atoms with Gasteiger partial charge in [-0.15, -0.1) is 0 Å². The molecular formula is C13H17N3O. The van der Waals surface area contributed by atoms with Crippen molar-refractivity contribution in [3.8, 4) is 0 Å². The molecule has 0 aliphatic heterocycles. The number of likely N-dealkylation sites (N-methyl/N-ethyl adjacent to an activating group) is 1. The van der Waals surface area contributed by atoms with Crippen LogP contribution in [0.5, 0.6) is 0 Å². The summed E-state index contributed by atoms with van der Waals surface area (Å²) in [5.74, 6) is 0.892. The fraction of sp³-hybridized carbons (Fsp3) is 0.385. The molecule has 90 valence electrons. The Morgan fingerprint density at radius 3 is 2.88 bits per heavy atom. The van der Waals surface area contributed by atoms with Crippen LogP contribution in [-0.2, 0) is 4.79 Å². The fourth-order valence-electron chi connectivity index (χ4n) is 2.09. The lowest BCUT2D eigenvalue weighted by atomic mass is 10.2. The SMILES string of the molecule is CCNC(=O)C(C)n1c(C)nc2ccccc21. The van der Waals surface area contributed by atoms with Crippen molar-refractivity contribution in [2.24, 2.45) is 0 Å². The lowest BCUT2D eigenvalue weighted by Gasteiger charge is -2.15. The van der Waals surface area contributed by atoms with E-state index < -0.39 is 0 Å². The van der Waals surface area contributed by atoms with Crippen LogP contribution in [0.2, 0.25) is 0 Å². The second kappa shape index (κ2) is 4.57. The van der Waals surface area contributed by atoms with Crippen molar-refractivity contribution in [2.45, 2.75) is 26.8 Å². The number of fused-ring (bicyclic) bond motifs is 1. The number of carbonyl (C=O) groups is 1. The number of hydrogen-bond donors (Lipinski definition) is 1. The van der Waals surface area contributed by atoms with Crippen LogP contribution in [0.4, 0.5) is 0 Å². The largest absolute Gasteiger partial charge is 0.355 e. The van der Waals surface area contributed by atoms with Crippen LogP contribution in [0.3, 0.4) is 0 Å². The second-order valence-electron chi connectivity index (χ2n) is 4.09. The first-order chi connectivity index (χ1) is 8.15. The molecular weight excluding hydrogens is 214 g/mol. The predicted molar refractivity (Wildman–Crippen MR) is 67.9 cm³/mol. The van der Waals surface area contributed by atoms with E-state index in [-0.39, 0.29) is 11.9 Å². The molecule has 0 saturated carbocycles. The number of aryl methyl sites for hydroxylation is 1. The zero-order chi connectivity index (χ0) is 12.4. The van der Waals surface area contributed by atoms with Gasteiger partial charge in [0.25, 0.3) is 0 Å². The average Bonchev–Trinajstić information content (AvgIpc) is 2.64. The summed E-state index contributed by atoms with van der Waals surface area (Å²) in [4.78, 5) is 16.3. The van der Waals surface area contributed by atoms with Gasteiger partial charge in [-0.3, -0.25) is 4.79 Å². The van der Waals surface area contributed by atoms with Crippen molar-refractivity contribution in [1.82, 2.24) is 14.9 Å². The zero-order valence-corrected chi connectivity index (χ0v) is 10.4. The van der Waals surface area contributed by atoms with Crippen molar-refractivity contribution < 1.29 is 4.79 Å². The minimum atomic E-state index is -0.234. The van der Waals surface area contributed by atoms with Gasteiger partial charge in [0.1, 0.15) is 11.9 Å². The molecule has 4 nitrogen and oxygen atoms in total. The first-order valence-electron chi connectivity index (χ1n) is 5.86. The maximum atomic E-state index is 11.9. The van der Waals surface area contributed by atoms with Crippen LogP contribution in [0.25, 0.3) is 11.0 Å². The van der Waals surface area contributed by atoms with Gasteiger partial charge < -0.3 is 9.88 Å². The van der Waals surface area contributed by atoms with Crippen molar-refractivity contribution >= 4 is 16.9 Å². The normalized spacial score (nSPS) is 12.6. The highest BCUT2D eigenvalue weighted by molar-refractivity contribution is 5.84. The molecule has 0 fully saturated rings. The second-order valence-corrected chi connectivity index (χ2v) is 4.09. The summed E-state index contributed by atoms with van der Waals surface area (Å²) in [6.45, 7) is 6.39. The monoisotopic (exact) mass is 231 g/mol. The van der Waals surface area contributed by atoms with Crippen molar-refractivity contribution in [2.75, 3.05) is 6.54 Å². The van der Waals surface area contributed by atoms with Crippen LogP contribution >= 0.6 is 0 Å². The standard InChI is InChI=1S/C13H17N3O/c1-4-14-13(17)9(2)16-10(3)15-11-7-5-6-8-12(11)16/h5-9H,4H2,1-3H3,(H,14,17). The molecule has 1 heterocycles. The molecule has 1 N–H and O–H groups in total. The number of nitrogens with one attached hydrogen (secondary N) is 1. The number of para-hydroxylation sites is 2. The molecule has 0 spiro atoms. The molecule has 1 amide bonds. The molecule has 2 rings (SSSR count). The van der Waals surface area contributed by atoms with Gasteiger partial charge in [-0.25, -0.2) is 4.98 Å². The van der Waals surface area contributed by atoms with E-state index in [0.717, 1.165) is 16.9 Å². The Balaban J connectivity index is 2.47. The van der Waals surface area contributed by atoms with Crippen molar-refractivity contribution in [3.63, 3.8) is 0 Å². The summed E-state index contributed by atoms with van der Waals surface area (Å²) in [7, 11) is 0. The average molecular weight is 231 g/mol. The molecule has 0 aliphatic carbocycles. The highest BCUT2D eigenvalue weighted by Gasteiger charge is 2.18. The third kappa shape index (κ3) is 2.02. The van der Waals surface area contributed by atoms with Gasteiger partial charge in [-0.2, -0.15) is 0 Å². The number of imidazole rings is 1. The van der Waals surface area contributed by atoms with E-state index in [1.807, 2.05) is 49.6 Å². The molecule has 1 unspecified atom stereocenters. The summed E-state index contributed by atoms with van der Waals surface area (Å²) in [6, 6.07) is 7.64. The summed E-state index contributed by atoms with van der Waals surface area (Å²) < 4.78 is 1.97. The Morgan fingerprint density at radius 1 is 1.47 bits per heavy atom. The Morgan fingerprint density at radius 2 is 2.18 bits per heavy atom. The van der Waals surface area contributed by atoms with Crippen molar-refractivity contribution in [3.05, 3.63) is 30.1 Å². The molecule has 1 aromatic carbocycles. The van der Waals surface area contributed by atoms with Gasteiger partial charge in [-0.1, -0.05) is 12.1 Å². The summed E-state index contributed by atoms with van der Waals surface area (Å²) >= 11 is 0. The molecule has 17 heavy (non-hydrogen) atoms. The molecule has 0 bridgehead atoms. The Bertz CT molecular complexity index is 545. The first-order valence-corrected chi connectivity index (χ1v) is 5.86. The molecule has 0 saturated heterocycles. The van der Waals surface area contributed by atoms with Crippen LogP contribution in [0.1, 0.15) is 25.7 Å². The van der Waals surface area contributed by atoms with Crippen LogP contribution in [-0.4, -0.2) is 22.0 Å². The van der Waals surface area contributed by atoms with E-state index in [2.05, 4.69) is 10.3 Å². The minimum Gasteiger partial charge on any atom is -0.355 e. The van der Waals surface area contributed by atoms with Gasteiger partial charge in [0.2, 0.25) is 5.91 Å². The Labute approximate surface area is 101 Å². The summed E-state index contributed by atoms with van der Waals surface area (Å²) in [5, 5.41) is 2.84. The van der Waals surface area contributed by atoms with Crippen LogP contribution in [0.15, 0.2) is 24.3 Å². The van der Waals surface area contributed by atoms with Crippen molar-refractivity contribution in [1.29, 1.82) is 0 Å². The number of nitrogens with zero attached hydrogens (tertiary/aromatic N) is 2. The minimum absolute atomic E-state index is 0.0266. The molecule has 1 atom stereocenters. The highest BCUT2D eigenvalue weighted by atomic mass is 16.2. The molecule has 2 aromatic rings. The Kier molecular flexibility index (Phi) is 3.13. The van der Waals surface area contributed by atoms with Gasteiger partial charge in [-0.05, 0) is 32.9 Å². The smallest absolute Gasteiger partial charge is 0.242 e. The molecule has 4 heteroatoms. The maximum Gasteiger partial charge on any atom is 0.242 e. The van der Waals surface area contributed by atoms with E-state index in [1.54, 1.807) is 0 Å². The van der Waals surface area contributed by atoms with Gasteiger partial charge >= 0.3 is 0 Å². The first kappa shape index (κ1) is 11.6. The van der Waals surface area contributed by atoms with E-state index in [4.69, 9.17) is 0 Å². The van der Waals surface area contributed by atoms with Gasteiger partial charge in [0, 0.05) is 6.54 Å². The van der Waals surface area contributed by atoms with Crippen LogP contribution in [0, 0.1) is 6.92 Å². The molecule has 0 radical (unpaired) electrons. The predicted octanol–water partition coefficient (Wildman–Crippen LogP) is 2.04. The number of rotatable bonds is 3. The lowest BCUT2D eigenvalue weighted by molar-refractivity contribution is -0.123. The third-order valence-corrected chi connectivity index (χ3v) is 2.89. The zero-order valence-electron chi connectivity index (χ0n) is 10.4. The quantitative estimate of drug-likeness (QED) is 0.878. The third-order valence-electron chi connectivity index (χ3n) is 2.89. The summed E-state index contributed by atoms with van der Waals surface area (Å²) in [6.07, 6.45) is 0. The van der Waals surface area contributed by atoms with E-state index >= 15 is 0 Å². The van der Waals surface area contributed by atoms with Crippen LogP contribution < -0.4 is 5.32 Å². The van der Waals surface area contributed by atoms with Gasteiger partial charge in [0.05, 0.1) is 11.0 Å². The Hall–Kier alpha value is -1.84. The summed E-state index contributed by atoms with van der Waals surface area (Å²) in [5.41, 5.74) is 1.94. The topological polar surface area (TPSA) is 46.9 Å². The number of hydrogen-bond acceptors (Lipinski definition) is 2. The van der Waals surface area contributed by atoms with E-state index in [0.29, 0.717) is 6.54 Å². The fourth-order valence-corrected chi connectivity index (χ4v) is 2.09. The highest BCUT2D eigenvalue weighted by Crippen LogP contribution is 2.20. The number of benzene rings is 1. The lowest BCUT2D eigenvalue weighted by Crippen LogP contribution is -2.31. The maximum absolute atomic E-state index is 11.9. The molecule has 1 aromatic heterocycles. The van der Waals surface area contributed by atoms with E-state index in [1.165, 1.54) is 0 Å². The van der Waals surface area contributed by atoms with E-state index in [9.17, 15) is 4.79 Å².